The second kappa shape index (κ2) is 11.1. The molecule has 7 heteroatoms. The van der Waals surface area contributed by atoms with Crippen LogP contribution in [0.1, 0.15) is 20.8 Å². The Kier molecular flexibility index (Phi) is 10.8. The minimum absolute atomic E-state index is 0. The van der Waals surface area contributed by atoms with Crippen LogP contribution in [0.15, 0.2) is 24.3 Å². The Labute approximate surface area is 164 Å². The van der Waals surface area contributed by atoms with Crippen molar-refractivity contribution in [2.45, 2.75) is 32.5 Å². The summed E-state index contributed by atoms with van der Waals surface area (Å²) < 4.78 is 10.8. The Morgan fingerprint density at radius 1 is 1.04 bits per heavy atom. The zero-order valence-corrected chi connectivity index (χ0v) is 17.2. The molecule has 0 aromatic heterocycles. The summed E-state index contributed by atoms with van der Waals surface area (Å²) in [6.45, 7) is 10.9. The first-order valence-corrected chi connectivity index (χ1v) is 8.31. The van der Waals surface area contributed by atoms with Crippen molar-refractivity contribution in [1.82, 2.24) is 4.90 Å². The van der Waals surface area contributed by atoms with Crippen LogP contribution in [0.3, 0.4) is 0 Å². The number of hydrogen-bond acceptors (Lipinski definition) is 5. The Balaban J connectivity index is 0.00000288. The van der Waals surface area contributed by atoms with Gasteiger partial charge in [0.2, 0.25) is 0 Å². The highest BCUT2D eigenvalue weighted by Crippen LogP contribution is 2.20. The van der Waals surface area contributed by atoms with Crippen LogP contribution in [0, 0.1) is 0 Å². The number of ether oxygens (including phenoxy) is 2. The highest BCUT2D eigenvalue weighted by molar-refractivity contribution is 5.85. The van der Waals surface area contributed by atoms with E-state index in [1.165, 1.54) is 5.69 Å². The molecule has 1 atom stereocenters. The van der Waals surface area contributed by atoms with Crippen molar-refractivity contribution in [3.63, 3.8) is 0 Å². The molecule has 1 N–H and O–H groups in total. The predicted octanol–water partition coefficient (Wildman–Crippen LogP) is 2.84. The van der Waals surface area contributed by atoms with E-state index in [0.29, 0.717) is 13.2 Å². The average Bonchev–Trinajstić information content (AvgIpc) is 2.53. The number of rotatable bonds is 6. The van der Waals surface area contributed by atoms with Gasteiger partial charge in [-0.3, -0.25) is 4.90 Å². The van der Waals surface area contributed by atoms with Crippen LogP contribution in [0.4, 0.5) is 5.69 Å². The van der Waals surface area contributed by atoms with Gasteiger partial charge in [0.1, 0.15) is 5.75 Å². The van der Waals surface area contributed by atoms with E-state index in [4.69, 9.17) is 9.47 Å². The fourth-order valence-electron chi connectivity index (χ4n) is 2.68. The van der Waals surface area contributed by atoms with E-state index in [2.05, 4.69) is 21.9 Å². The summed E-state index contributed by atoms with van der Waals surface area (Å²) in [5.74, 6) is 0.884. The van der Waals surface area contributed by atoms with Gasteiger partial charge in [-0.05, 0) is 45.0 Å². The first-order chi connectivity index (χ1) is 10.9. The van der Waals surface area contributed by atoms with Gasteiger partial charge in [0.05, 0.1) is 25.4 Å². The normalized spacial score (nSPS) is 16.6. The number of hydrogen-bond donors (Lipinski definition) is 1. The van der Waals surface area contributed by atoms with Crippen LogP contribution in [0.2, 0.25) is 0 Å². The second-order valence-corrected chi connectivity index (χ2v) is 7.06. The standard InChI is InChI=1S/C18H30N2O3.2ClH/c1-18(2,3)23-14-16(21)13-19-9-11-20(12-10-19)15-5-7-17(22-4)8-6-15;;/h5-8,16,21H,9-14H2,1-4H3;2*1H. The molecule has 0 spiro atoms. The summed E-state index contributed by atoms with van der Waals surface area (Å²) in [6, 6.07) is 8.19. The van der Waals surface area contributed by atoms with Crippen LogP contribution in [-0.2, 0) is 4.74 Å². The second-order valence-electron chi connectivity index (χ2n) is 7.06. The quantitative estimate of drug-likeness (QED) is 0.803. The lowest BCUT2D eigenvalue weighted by Crippen LogP contribution is -2.49. The Morgan fingerprint density at radius 2 is 1.60 bits per heavy atom. The number of aliphatic hydroxyl groups is 1. The summed E-state index contributed by atoms with van der Waals surface area (Å²) in [5.41, 5.74) is 1.02. The van der Waals surface area contributed by atoms with E-state index >= 15 is 0 Å². The van der Waals surface area contributed by atoms with Gasteiger partial charge in [0.15, 0.2) is 0 Å². The molecule has 1 aromatic carbocycles. The van der Waals surface area contributed by atoms with E-state index in [9.17, 15) is 5.11 Å². The predicted molar refractivity (Wildman–Crippen MR) is 108 cm³/mol. The molecular formula is C18H32Cl2N2O3. The molecule has 2 rings (SSSR count). The fourth-order valence-corrected chi connectivity index (χ4v) is 2.68. The molecule has 146 valence electrons. The molecule has 1 aromatic rings. The molecular weight excluding hydrogens is 363 g/mol. The first-order valence-electron chi connectivity index (χ1n) is 8.31. The van der Waals surface area contributed by atoms with Gasteiger partial charge in [0.25, 0.3) is 0 Å². The minimum Gasteiger partial charge on any atom is -0.497 e. The smallest absolute Gasteiger partial charge is 0.119 e. The molecule has 1 aliphatic rings. The van der Waals surface area contributed by atoms with Crippen LogP contribution in [-0.4, -0.2) is 68.2 Å². The number of nitrogens with zero attached hydrogens (tertiary/aromatic N) is 2. The molecule has 0 amide bonds. The van der Waals surface area contributed by atoms with Gasteiger partial charge in [-0.1, -0.05) is 0 Å². The largest absolute Gasteiger partial charge is 0.497 e. The van der Waals surface area contributed by atoms with Crippen molar-refractivity contribution < 1.29 is 14.6 Å². The van der Waals surface area contributed by atoms with E-state index in [-0.39, 0.29) is 30.4 Å². The Morgan fingerprint density at radius 3 is 2.08 bits per heavy atom. The third-order valence-corrected chi connectivity index (χ3v) is 3.99. The molecule has 1 fully saturated rings. The van der Waals surface area contributed by atoms with Crippen LogP contribution in [0.5, 0.6) is 5.75 Å². The van der Waals surface area contributed by atoms with Gasteiger partial charge in [-0.25, -0.2) is 0 Å². The summed E-state index contributed by atoms with van der Waals surface area (Å²) >= 11 is 0. The third-order valence-electron chi connectivity index (χ3n) is 3.99. The number of β-amino-alcohol motifs (C(OH)–C–C–N with tert-alkyl or cyclic N) is 1. The molecule has 1 aliphatic heterocycles. The van der Waals surface area contributed by atoms with Gasteiger partial charge >= 0.3 is 0 Å². The van der Waals surface area contributed by atoms with Gasteiger partial charge < -0.3 is 19.5 Å². The molecule has 25 heavy (non-hydrogen) atoms. The molecule has 0 aliphatic carbocycles. The van der Waals surface area contributed by atoms with Crippen molar-refractivity contribution in [1.29, 1.82) is 0 Å². The molecule has 1 unspecified atom stereocenters. The van der Waals surface area contributed by atoms with E-state index in [1.54, 1.807) is 7.11 Å². The maximum Gasteiger partial charge on any atom is 0.119 e. The topological polar surface area (TPSA) is 45.2 Å². The van der Waals surface area contributed by atoms with Crippen molar-refractivity contribution in [3.8, 4) is 5.75 Å². The molecule has 0 saturated carbocycles. The van der Waals surface area contributed by atoms with E-state index in [0.717, 1.165) is 31.9 Å². The Bertz CT molecular complexity index is 472. The maximum absolute atomic E-state index is 10.1. The highest BCUT2D eigenvalue weighted by atomic mass is 35.5. The van der Waals surface area contributed by atoms with E-state index < -0.39 is 6.10 Å². The molecule has 0 bridgehead atoms. The van der Waals surface area contributed by atoms with Gasteiger partial charge in [-0.15, -0.1) is 24.8 Å². The zero-order valence-electron chi connectivity index (χ0n) is 15.6. The Hall–Kier alpha value is -0.720. The monoisotopic (exact) mass is 394 g/mol. The van der Waals surface area contributed by atoms with Crippen molar-refractivity contribution in [3.05, 3.63) is 24.3 Å². The van der Waals surface area contributed by atoms with Crippen molar-refractivity contribution >= 4 is 30.5 Å². The van der Waals surface area contributed by atoms with Crippen LogP contribution < -0.4 is 9.64 Å². The fraction of sp³-hybridized carbons (Fsp3) is 0.667. The number of aliphatic hydroxyl groups excluding tert-OH is 1. The molecule has 1 saturated heterocycles. The number of anilines is 1. The lowest BCUT2D eigenvalue weighted by molar-refractivity contribution is -0.0563. The summed E-state index contributed by atoms with van der Waals surface area (Å²) in [6.07, 6.45) is -0.429. The van der Waals surface area contributed by atoms with Gasteiger partial charge in [-0.2, -0.15) is 0 Å². The number of halogens is 2. The minimum atomic E-state index is -0.429. The summed E-state index contributed by atoms with van der Waals surface area (Å²) in [5, 5.41) is 10.1. The number of methoxy groups -OCH3 is 1. The lowest BCUT2D eigenvalue weighted by atomic mass is 10.2. The summed E-state index contributed by atoms with van der Waals surface area (Å²) in [4.78, 5) is 4.67. The number of piperazine rings is 1. The van der Waals surface area contributed by atoms with E-state index in [1.807, 2.05) is 32.9 Å². The lowest BCUT2D eigenvalue weighted by Gasteiger charge is -2.37. The zero-order chi connectivity index (χ0) is 16.9. The highest BCUT2D eigenvalue weighted by Gasteiger charge is 2.21. The SMILES string of the molecule is COc1ccc(N2CCN(CC(O)COC(C)(C)C)CC2)cc1.Cl.Cl. The molecule has 1 heterocycles. The van der Waals surface area contributed by atoms with Crippen LogP contribution >= 0.6 is 24.8 Å². The van der Waals surface area contributed by atoms with Crippen molar-refractivity contribution in [2.75, 3.05) is 51.3 Å². The summed E-state index contributed by atoms with van der Waals surface area (Å²) in [7, 11) is 1.68. The third kappa shape index (κ3) is 8.47. The first kappa shape index (κ1) is 24.3. The maximum atomic E-state index is 10.1. The van der Waals surface area contributed by atoms with Crippen LogP contribution in [0.25, 0.3) is 0 Å². The molecule has 0 radical (unpaired) electrons. The van der Waals surface area contributed by atoms with Gasteiger partial charge in [0, 0.05) is 38.4 Å². The average molecular weight is 395 g/mol. The van der Waals surface area contributed by atoms with Crippen molar-refractivity contribution in [2.24, 2.45) is 0 Å². The molecule has 5 nitrogen and oxygen atoms in total. The number of benzene rings is 1.